The van der Waals surface area contributed by atoms with E-state index in [2.05, 4.69) is 20.6 Å². The average molecular weight is 439 g/mol. The van der Waals surface area contributed by atoms with Crippen molar-refractivity contribution in [3.8, 4) is 17.2 Å². The monoisotopic (exact) mass is 438 g/mol. The molecule has 0 aliphatic rings. The maximum Gasteiger partial charge on any atom is 0.351 e. The summed E-state index contributed by atoms with van der Waals surface area (Å²) in [5, 5.41) is 10.9. The van der Waals surface area contributed by atoms with Crippen molar-refractivity contribution >= 4 is 17.5 Å². The van der Waals surface area contributed by atoms with Crippen LogP contribution < -0.4 is 16.6 Å². The second-order valence-corrected chi connectivity index (χ2v) is 6.91. The molecule has 0 fully saturated rings. The summed E-state index contributed by atoms with van der Waals surface area (Å²) in [7, 11) is 1.31. The molecule has 0 bridgehead atoms. The third-order valence-electron chi connectivity index (χ3n) is 4.35. The van der Waals surface area contributed by atoms with Crippen molar-refractivity contribution in [2.24, 2.45) is 7.05 Å². The van der Waals surface area contributed by atoms with Gasteiger partial charge in [-0.3, -0.25) is 14.2 Å². The van der Waals surface area contributed by atoms with Crippen LogP contribution in [0.4, 0.5) is 0 Å². The molecule has 0 saturated heterocycles. The van der Waals surface area contributed by atoms with Crippen LogP contribution in [0, 0.1) is 0 Å². The summed E-state index contributed by atoms with van der Waals surface area (Å²) in [6, 6.07) is 15.5. The molecular weight excluding hydrogens is 424 g/mol. The van der Waals surface area contributed by atoms with Crippen LogP contribution >= 0.6 is 11.6 Å². The lowest BCUT2D eigenvalue weighted by Crippen LogP contribution is -2.40. The largest absolute Gasteiger partial charge is 0.351 e. The highest BCUT2D eigenvalue weighted by molar-refractivity contribution is 6.30. The standard InChI is InChI=1S/C20H15ClN6O4/c1-26-19(29)15(24-27(20(26)30)14-8-3-2-4-9-14)16-23-18(31-25-16)17(28)22-11-12-6-5-7-13(21)10-12/h2-10H,11H2,1H3,(H,22,28). The normalized spacial score (nSPS) is 10.8. The molecule has 10 nitrogen and oxygen atoms in total. The van der Waals surface area contributed by atoms with E-state index in [4.69, 9.17) is 16.1 Å². The zero-order valence-corrected chi connectivity index (χ0v) is 16.9. The molecule has 2 aromatic carbocycles. The minimum Gasteiger partial charge on any atom is -0.344 e. The molecule has 0 spiro atoms. The number of carbonyl (C=O) groups is 1. The van der Waals surface area contributed by atoms with E-state index in [1.54, 1.807) is 54.6 Å². The van der Waals surface area contributed by atoms with Crippen LogP contribution in [0.5, 0.6) is 0 Å². The van der Waals surface area contributed by atoms with E-state index in [1.807, 2.05) is 0 Å². The van der Waals surface area contributed by atoms with Gasteiger partial charge in [0.05, 0.1) is 5.69 Å². The van der Waals surface area contributed by atoms with Crippen LogP contribution in [0.25, 0.3) is 17.2 Å². The van der Waals surface area contributed by atoms with E-state index in [9.17, 15) is 14.4 Å². The van der Waals surface area contributed by atoms with Crippen LogP contribution in [0.2, 0.25) is 5.02 Å². The minimum absolute atomic E-state index is 0.190. The quantitative estimate of drug-likeness (QED) is 0.501. The molecule has 0 aliphatic carbocycles. The smallest absolute Gasteiger partial charge is 0.344 e. The Balaban J connectivity index is 1.63. The maximum absolute atomic E-state index is 12.5. The zero-order valence-electron chi connectivity index (χ0n) is 16.2. The number of carbonyl (C=O) groups excluding carboxylic acids is 1. The second-order valence-electron chi connectivity index (χ2n) is 6.48. The Morgan fingerprint density at radius 1 is 1.13 bits per heavy atom. The summed E-state index contributed by atoms with van der Waals surface area (Å²) >= 11 is 5.93. The molecule has 0 unspecified atom stereocenters. The molecule has 11 heteroatoms. The third-order valence-corrected chi connectivity index (χ3v) is 4.59. The molecule has 0 saturated carbocycles. The Kier molecular flexibility index (Phi) is 5.46. The van der Waals surface area contributed by atoms with Crippen molar-refractivity contribution in [1.82, 2.24) is 29.8 Å². The van der Waals surface area contributed by atoms with Crippen LogP contribution in [0.1, 0.15) is 16.2 Å². The Hall–Kier alpha value is -4.05. The summed E-state index contributed by atoms with van der Waals surface area (Å²) in [5.74, 6) is -1.19. The topological polar surface area (TPSA) is 125 Å². The summed E-state index contributed by atoms with van der Waals surface area (Å²) in [6.07, 6.45) is 0. The van der Waals surface area contributed by atoms with Gasteiger partial charge in [-0.25, -0.2) is 4.79 Å². The fourth-order valence-corrected chi connectivity index (χ4v) is 2.98. The second kappa shape index (κ2) is 8.36. The number of nitrogens with one attached hydrogen (secondary N) is 1. The number of hydrogen-bond acceptors (Lipinski definition) is 7. The van der Waals surface area contributed by atoms with E-state index < -0.39 is 17.2 Å². The van der Waals surface area contributed by atoms with Gasteiger partial charge in [-0.2, -0.15) is 14.8 Å². The molecule has 4 rings (SSSR count). The third kappa shape index (κ3) is 4.14. The van der Waals surface area contributed by atoms with Gasteiger partial charge in [0.2, 0.25) is 5.82 Å². The molecule has 0 atom stereocenters. The molecule has 156 valence electrons. The summed E-state index contributed by atoms with van der Waals surface area (Å²) in [5.41, 5.74) is -0.353. The maximum atomic E-state index is 12.5. The molecule has 0 aliphatic heterocycles. The average Bonchev–Trinajstić information content (AvgIpc) is 3.27. The van der Waals surface area contributed by atoms with Crippen LogP contribution in [-0.4, -0.2) is 30.4 Å². The first-order valence-corrected chi connectivity index (χ1v) is 9.44. The van der Waals surface area contributed by atoms with Gasteiger partial charge in [0.15, 0.2) is 5.69 Å². The fraction of sp³-hybridized carbons (Fsp3) is 0.100. The van der Waals surface area contributed by atoms with Gasteiger partial charge in [0, 0.05) is 18.6 Å². The van der Waals surface area contributed by atoms with Crippen LogP contribution in [0.3, 0.4) is 0 Å². The zero-order chi connectivity index (χ0) is 22.0. The number of halogens is 1. The van der Waals surface area contributed by atoms with Gasteiger partial charge >= 0.3 is 17.5 Å². The van der Waals surface area contributed by atoms with Crippen molar-refractivity contribution in [2.75, 3.05) is 0 Å². The Bertz CT molecular complexity index is 1380. The van der Waals surface area contributed by atoms with Crippen LogP contribution in [0.15, 0.2) is 68.7 Å². The first-order chi connectivity index (χ1) is 14.9. The van der Waals surface area contributed by atoms with Crippen molar-refractivity contribution in [3.63, 3.8) is 0 Å². The van der Waals surface area contributed by atoms with Gasteiger partial charge in [-0.1, -0.05) is 47.1 Å². The summed E-state index contributed by atoms with van der Waals surface area (Å²) in [6.45, 7) is 0.190. The fourth-order valence-electron chi connectivity index (χ4n) is 2.77. The summed E-state index contributed by atoms with van der Waals surface area (Å²) < 4.78 is 6.92. The Labute approximate surface area is 179 Å². The van der Waals surface area contributed by atoms with E-state index >= 15 is 0 Å². The molecular formula is C20H15ClN6O4. The van der Waals surface area contributed by atoms with Crippen molar-refractivity contribution in [3.05, 3.63) is 91.9 Å². The highest BCUT2D eigenvalue weighted by Gasteiger charge is 2.21. The lowest BCUT2D eigenvalue weighted by Gasteiger charge is -2.07. The molecule has 4 aromatic rings. The van der Waals surface area contributed by atoms with Crippen molar-refractivity contribution in [2.45, 2.75) is 6.54 Å². The van der Waals surface area contributed by atoms with Crippen molar-refractivity contribution in [1.29, 1.82) is 0 Å². The lowest BCUT2D eigenvalue weighted by atomic mass is 10.2. The van der Waals surface area contributed by atoms with E-state index in [1.165, 1.54) is 7.05 Å². The predicted octanol–water partition coefficient (Wildman–Crippen LogP) is 1.56. The molecule has 2 heterocycles. The highest BCUT2D eigenvalue weighted by Crippen LogP contribution is 2.12. The number of hydrogen-bond donors (Lipinski definition) is 1. The van der Waals surface area contributed by atoms with E-state index in [0.717, 1.165) is 14.8 Å². The Morgan fingerprint density at radius 3 is 2.65 bits per heavy atom. The van der Waals surface area contributed by atoms with Crippen molar-refractivity contribution < 1.29 is 9.32 Å². The summed E-state index contributed by atoms with van der Waals surface area (Å²) in [4.78, 5) is 41.3. The first-order valence-electron chi connectivity index (χ1n) is 9.06. The van der Waals surface area contributed by atoms with E-state index in [0.29, 0.717) is 10.7 Å². The van der Waals surface area contributed by atoms with E-state index in [-0.39, 0.29) is 24.0 Å². The molecule has 2 aromatic heterocycles. The lowest BCUT2D eigenvalue weighted by molar-refractivity contribution is 0.0907. The van der Waals surface area contributed by atoms with Gasteiger partial charge in [0.25, 0.3) is 5.56 Å². The van der Waals surface area contributed by atoms with Gasteiger partial charge < -0.3 is 9.84 Å². The number of para-hydroxylation sites is 1. The van der Waals surface area contributed by atoms with Gasteiger partial charge in [-0.15, -0.1) is 0 Å². The highest BCUT2D eigenvalue weighted by atomic mass is 35.5. The first kappa shape index (κ1) is 20.2. The number of amides is 1. The van der Waals surface area contributed by atoms with Crippen LogP contribution in [-0.2, 0) is 13.6 Å². The molecule has 1 N–H and O–H groups in total. The number of rotatable bonds is 5. The predicted molar refractivity (Wildman–Crippen MR) is 111 cm³/mol. The van der Waals surface area contributed by atoms with Gasteiger partial charge in [0.1, 0.15) is 0 Å². The number of benzene rings is 2. The molecule has 0 radical (unpaired) electrons. The molecule has 1 amide bonds. The molecule has 31 heavy (non-hydrogen) atoms. The minimum atomic E-state index is -0.719. The Morgan fingerprint density at radius 2 is 1.90 bits per heavy atom. The van der Waals surface area contributed by atoms with Gasteiger partial charge in [-0.05, 0) is 29.8 Å². The SMILES string of the molecule is Cn1c(=O)c(-c2noc(C(=O)NCc3cccc(Cl)c3)n2)nn(-c2ccccc2)c1=O. The number of nitrogens with zero attached hydrogens (tertiary/aromatic N) is 5. The number of aromatic nitrogens is 5.